The lowest BCUT2D eigenvalue weighted by atomic mass is 10.2. The monoisotopic (exact) mass is 355 g/mol. The zero-order valence-electron chi connectivity index (χ0n) is 12.9. The second kappa shape index (κ2) is 8.83. The molecule has 1 atom stereocenters. The first-order valence-electron chi connectivity index (χ1n) is 7.31. The summed E-state index contributed by atoms with van der Waals surface area (Å²) in [6.07, 6.45) is 0.866. The largest absolute Gasteiger partial charge is 0.481 e. The van der Waals surface area contributed by atoms with Crippen LogP contribution < -0.4 is 10.1 Å². The molecule has 124 valence electrons. The molecule has 0 aliphatic rings. The number of halogens is 1. The number of aromatic nitrogens is 2. The number of carbonyl (C=O) groups excluding carboxylic acids is 1. The molecule has 1 aromatic heterocycles. The van der Waals surface area contributed by atoms with Crippen LogP contribution in [0.3, 0.4) is 0 Å². The minimum absolute atomic E-state index is 0.292. The molecule has 5 nitrogen and oxygen atoms in total. The van der Waals surface area contributed by atoms with E-state index in [9.17, 15) is 9.18 Å². The van der Waals surface area contributed by atoms with Crippen LogP contribution in [0, 0.1) is 5.82 Å². The molecule has 0 aliphatic heterocycles. The van der Waals surface area contributed by atoms with E-state index in [1.807, 2.05) is 6.92 Å². The quantitative estimate of drug-likeness (QED) is 0.573. The minimum Gasteiger partial charge on any atom is -0.481 e. The first kappa shape index (κ1) is 17.7. The number of carbonyl (C=O) groups is 1. The average Bonchev–Trinajstić information content (AvgIpc) is 2.99. The van der Waals surface area contributed by atoms with E-state index in [0.717, 1.165) is 16.5 Å². The van der Waals surface area contributed by atoms with Crippen molar-refractivity contribution >= 4 is 34.1 Å². The smallest absolute Gasteiger partial charge is 0.267 e. The fourth-order valence-electron chi connectivity index (χ4n) is 1.69. The molecular weight excluding hydrogens is 337 g/mol. The van der Waals surface area contributed by atoms with Gasteiger partial charge < -0.3 is 4.74 Å². The molecule has 1 amide bonds. The van der Waals surface area contributed by atoms with Gasteiger partial charge in [0.2, 0.25) is 5.13 Å². The number of amides is 1. The third-order valence-corrected chi connectivity index (χ3v) is 5.00. The molecule has 2 rings (SSSR count). The number of hydrogen-bond acceptors (Lipinski definition) is 6. The highest BCUT2D eigenvalue weighted by atomic mass is 32.2. The van der Waals surface area contributed by atoms with Gasteiger partial charge in [-0.05, 0) is 37.1 Å². The Hall–Kier alpha value is -1.67. The fourth-order valence-corrected chi connectivity index (χ4v) is 3.37. The van der Waals surface area contributed by atoms with Gasteiger partial charge in [0.1, 0.15) is 11.6 Å². The summed E-state index contributed by atoms with van der Waals surface area (Å²) in [5.74, 6) is 0.777. The lowest BCUT2D eigenvalue weighted by Gasteiger charge is -2.16. The molecule has 2 aromatic rings. The van der Waals surface area contributed by atoms with E-state index >= 15 is 0 Å². The summed E-state index contributed by atoms with van der Waals surface area (Å²) >= 11 is 2.95. The van der Waals surface area contributed by atoms with Gasteiger partial charge in [-0.25, -0.2) is 4.39 Å². The molecule has 0 aliphatic carbocycles. The van der Waals surface area contributed by atoms with Crippen molar-refractivity contribution in [1.82, 2.24) is 10.2 Å². The summed E-state index contributed by atoms with van der Waals surface area (Å²) in [6.45, 7) is 3.94. The second-order valence-corrected chi connectivity index (χ2v) is 7.00. The predicted molar refractivity (Wildman–Crippen MR) is 90.7 cm³/mol. The summed E-state index contributed by atoms with van der Waals surface area (Å²) in [6, 6.07) is 5.58. The van der Waals surface area contributed by atoms with E-state index in [-0.39, 0.29) is 11.7 Å². The Morgan fingerprint density at radius 1 is 1.35 bits per heavy atom. The summed E-state index contributed by atoms with van der Waals surface area (Å²) in [4.78, 5) is 12.3. The van der Waals surface area contributed by atoms with E-state index in [0.29, 0.717) is 17.3 Å². The summed E-state index contributed by atoms with van der Waals surface area (Å²) in [5.41, 5.74) is 0. The Morgan fingerprint density at radius 2 is 2.09 bits per heavy atom. The van der Waals surface area contributed by atoms with Crippen molar-refractivity contribution in [2.24, 2.45) is 0 Å². The minimum atomic E-state index is -0.670. The first-order valence-corrected chi connectivity index (χ1v) is 9.12. The normalized spacial score (nSPS) is 12.0. The maximum atomic E-state index is 12.9. The Balaban J connectivity index is 1.94. The highest BCUT2D eigenvalue weighted by Crippen LogP contribution is 2.26. The highest BCUT2D eigenvalue weighted by Gasteiger charge is 2.20. The van der Waals surface area contributed by atoms with Crippen LogP contribution >= 0.6 is 23.1 Å². The van der Waals surface area contributed by atoms with Crippen molar-refractivity contribution in [3.8, 4) is 5.75 Å². The van der Waals surface area contributed by atoms with Gasteiger partial charge in [-0.15, -0.1) is 10.2 Å². The van der Waals surface area contributed by atoms with E-state index in [2.05, 4.69) is 22.4 Å². The van der Waals surface area contributed by atoms with Crippen molar-refractivity contribution in [3.63, 3.8) is 0 Å². The van der Waals surface area contributed by atoms with Crippen LogP contribution in [0.1, 0.15) is 26.7 Å². The Bertz CT molecular complexity index is 634. The van der Waals surface area contributed by atoms with Crippen molar-refractivity contribution in [1.29, 1.82) is 0 Å². The van der Waals surface area contributed by atoms with E-state index in [1.165, 1.54) is 35.6 Å². The molecule has 0 radical (unpaired) electrons. The molecule has 1 aromatic carbocycles. The summed E-state index contributed by atoms with van der Waals surface area (Å²) < 4.78 is 19.3. The number of nitrogens with one attached hydrogen (secondary N) is 1. The van der Waals surface area contributed by atoms with Crippen LogP contribution in [-0.4, -0.2) is 28.0 Å². The number of rotatable bonds is 8. The molecule has 1 unspecified atom stereocenters. The van der Waals surface area contributed by atoms with Gasteiger partial charge in [-0.1, -0.05) is 36.9 Å². The Kier molecular flexibility index (Phi) is 6.79. The first-order chi connectivity index (χ1) is 11.1. The molecular formula is C15H18FN3O2S2. The molecule has 23 heavy (non-hydrogen) atoms. The molecule has 1 N–H and O–H groups in total. The van der Waals surface area contributed by atoms with Crippen LogP contribution in [0.2, 0.25) is 0 Å². The Labute approximate surface area is 142 Å². The van der Waals surface area contributed by atoms with Gasteiger partial charge in [0.15, 0.2) is 10.4 Å². The number of nitrogens with zero attached hydrogens (tertiary/aromatic N) is 2. The van der Waals surface area contributed by atoms with Crippen LogP contribution in [0.4, 0.5) is 9.52 Å². The molecule has 0 bridgehead atoms. The lowest BCUT2D eigenvalue weighted by Crippen LogP contribution is -2.32. The van der Waals surface area contributed by atoms with E-state index in [4.69, 9.17) is 4.74 Å². The van der Waals surface area contributed by atoms with Crippen LogP contribution in [-0.2, 0) is 4.79 Å². The topological polar surface area (TPSA) is 64.1 Å². The van der Waals surface area contributed by atoms with Crippen molar-refractivity contribution in [2.45, 2.75) is 37.1 Å². The summed E-state index contributed by atoms with van der Waals surface area (Å²) in [5, 5.41) is 11.1. The molecule has 0 fully saturated rings. The highest BCUT2D eigenvalue weighted by molar-refractivity contribution is 8.01. The number of benzene rings is 1. The molecule has 0 saturated heterocycles. The third kappa shape index (κ3) is 5.47. The number of thioether (sulfide) groups is 1. The van der Waals surface area contributed by atoms with Crippen molar-refractivity contribution < 1.29 is 13.9 Å². The zero-order chi connectivity index (χ0) is 16.7. The molecule has 8 heteroatoms. The van der Waals surface area contributed by atoms with Gasteiger partial charge in [-0.3, -0.25) is 10.1 Å². The lowest BCUT2D eigenvalue weighted by molar-refractivity contribution is -0.122. The zero-order valence-corrected chi connectivity index (χ0v) is 14.5. The van der Waals surface area contributed by atoms with Crippen LogP contribution in [0.15, 0.2) is 28.6 Å². The van der Waals surface area contributed by atoms with Gasteiger partial charge in [0.05, 0.1) is 0 Å². The number of hydrogen-bond donors (Lipinski definition) is 1. The number of anilines is 1. The van der Waals surface area contributed by atoms with Gasteiger partial charge in [0, 0.05) is 5.75 Å². The van der Waals surface area contributed by atoms with Crippen molar-refractivity contribution in [2.75, 3.05) is 11.1 Å². The van der Waals surface area contributed by atoms with E-state index < -0.39 is 6.10 Å². The average molecular weight is 355 g/mol. The summed E-state index contributed by atoms with van der Waals surface area (Å²) in [7, 11) is 0. The fraction of sp³-hybridized carbons (Fsp3) is 0.400. The maximum Gasteiger partial charge on any atom is 0.267 e. The van der Waals surface area contributed by atoms with Crippen LogP contribution in [0.25, 0.3) is 0 Å². The van der Waals surface area contributed by atoms with Crippen molar-refractivity contribution in [3.05, 3.63) is 30.1 Å². The molecule has 0 spiro atoms. The van der Waals surface area contributed by atoms with Crippen LogP contribution in [0.5, 0.6) is 5.75 Å². The third-order valence-electron chi connectivity index (χ3n) is 2.82. The SMILES string of the molecule is CCCSc1nnc(NC(=O)C(CC)Oc2ccc(F)cc2)s1. The van der Waals surface area contributed by atoms with Gasteiger partial charge in [0.25, 0.3) is 5.91 Å². The second-order valence-electron chi connectivity index (χ2n) is 4.68. The van der Waals surface area contributed by atoms with E-state index in [1.54, 1.807) is 11.8 Å². The molecule has 1 heterocycles. The molecule has 0 saturated carbocycles. The maximum absolute atomic E-state index is 12.9. The van der Waals surface area contributed by atoms with Gasteiger partial charge >= 0.3 is 0 Å². The van der Waals surface area contributed by atoms with Gasteiger partial charge in [-0.2, -0.15) is 0 Å². The Morgan fingerprint density at radius 3 is 2.74 bits per heavy atom. The predicted octanol–water partition coefficient (Wildman–Crippen LogP) is 3.98. The number of ether oxygens (including phenoxy) is 1. The standard InChI is InChI=1S/C15H18FN3O2S2/c1-3-9-22-15-19-18-14(23-15)17-13(20)12(4-2)21-11-7-5-10(16)6-8-11/h5-8,12H,3-4,9H2,1-2H3,(H,17,18,20).